The topological polar surface area (TPSA) is 93.2 Å². The second-order valence-electron chi connectivity index (χ2n) is 6.16. The van der Waals surface area contributed by atoms with E-state index in [4.69, 9.17) is 0 Å². The van der Waals surface area contributed by atoms with Crippen molar-refractivity contribution < 1.29 is 14.3 Å². The Kier molecular flexibility index (Phi) is 5.96. The largest absolute Gasteiger partial charge is 0.465 e. The first-order chi connectivity index (χ1) is 13.5. The van der Waals surface area contributed by atoms with Gasteiger partial charge in [0.1, 0.15) is 0 Å². The molecule has 3 rings (SSSR count). The van der Waals surface area contributed by atoms with Gasteiger partial charge in [0.2, 0.25) is 5.95 Å². The van der Waals surface area contributed by atoms with Crippen LogP contribution in [0.5, 0.6) is 0 Å². The van der Waals surface area contributed by atoms with Crippen LogP contribution in [0.2, 0.25) is 0 Å². The minimum atomic E-state index is -0.469. The zero-order chi connectivity index (χ0) is 19.9. The molecule has 1 heterocycles. The quantitative estimate of drug-likeness (QED) is 0.640. The molecule has 0 fully saturated rings. The van der Waals surface area contributed by atoms with E-state index in [0.717, 1.165) is 5.56 Å². The molecule has 3 aromatic rings. The van der Waals surface area contributed by atoms with Crippen molar-refractivity contribution in [2.24, 2.45) is 0 Å². The number of amides is 1. The van der Waals surface area contributed by atoms with Crippen molar-refractivity contribution in [2.45, 2.75) is 13.5 Å². The molecule has 0 aliphatic rings. The standard InChI is InChI=1S/C21H20N4O3/c1-14-6-8-15(9-7-14)11-22-21-23-12-17(13-24-21)19(26)25-18-5-3-4-16(10-18)20(27)28-2/h3-10,12-13H,11H2,1-2H3,(H,25,26)(H,22,23,24). The molecule has 0 bridgehead atoms. The van der Waals surface area contributed by atoms with E-state index in [2.05, 4.69) is 25.3 Å². The summed E-state index contributed by atoms with van der Waals surface area (Å²) in [6.45, 7) is 2.63. The monoisotopic (exact) mass is 376 g/mol. The predicted molar refractivity (Wildman–Crippen MR) is 106 cm³/mol. The number of esters is 1. The van der Waals surface area contributed by atoms with E-state index in [1.54, 1.807) is 24.3 Å². The van der Waals surface area contributed by atoms with E-state index in [1.807, 2.05) is 31.2 Å². The van der Waals surface area contributed by atoms with Gasteiger partial charge >= 0.3 is 5.97 Å². The zero-order valence-corrected chi connectivity index (χ0v) is 15.6. The number of hydrogen-bond donors (Lipinski definition) is 2. The SMILES string of the molecule is COC(=O)c1cccc(NC(=O)c2cnc(NCc3ccc(C)cc3)nc2)c1. The van der Waals surface area contributed by atoms with Crippen LogP contribution in [0.4, 0.5) is 11.6 Å². The van der Waals surface area contributed by atoms with Crippen molar-refractivity contribution in [1.29, 1.82) is 0 Å². The molecule has 0 radical (unpaired) electrons. The Hall–Kier alpha value is -3.74. The fraction of sp³-hybridized carbons (Fsp3) is 0.143. The lowest BCUT2D eigenvalue weighted by Crippen LogP contribution is -2.14. The van der Waals surface area contributed by atoms with E-state index >= 15 is 0 Å². The molecule has 0 saturated carbocycles. The van der Waals surface area contributed by atoms with Crippen molar-refractivity contribution in [3.05, 3.63) is 83.2 Å². The summed E-state index contributed by atoms with van der Waals surface area (Å²) >= 11 is 0. The second kappa shape index (κ2) is 8.77. The number of benzene rings is 2. The average molecular weight is 376 g/mol. The fourth-order valence-corrected chi connectivity index (χ4v) is 2.47. The van der Waals surface area contributed by atoms with Crippen molar-refractivity contribution in [1.82, 2.24) is 9.97 Å². The lowest BCUT2D eigenvalue weighted by atomic mass is 10.1. The van der Waals surface area contributed by atoms with Crippen LogP contribution < -0.4 is 10.6 Å². The summed E-state index contributed by atoms with van der Waals surface area (Å²) in [4.78, 5) is 32.3. The summed E-state index contributed by atoms with van der Waals surface area (Å²) < 4.78 is 4.68. The van der Waals surface area contributed by atoms with Gasteiger partial charge in [-0.15, -0.1) is 0 Å². The number of ether oxygens (including phenoxy) is 1. The van der Waals surface area contributed by atoms with Crippen LogP contribution in [-0.4, -0.2) is 29.0 Å². The highest BCUT2D eigenvalue weighted by molar-refractivity contribution is 6.04. The van der Waals surface area contributed by atoms with Crippen molar-refractivity contribution in [3.63, 3.8) is 0 Å². The summed E-state index contributed by atoms with van der Waals surface area (Å²) in [6, 6.07) is 14.7. The predicted octanol–water partition coefficient (Wildman–Crippen LogP) is 3.44. The number of rotatable bonds is 6. The third-order valence-electron chi connectivity index (χ3n) is 4.03. The first kappa shape index (κ1) is 19.0. The molecule has 7 nitrogen and oxygen atoms in total. The smallest absolute Gasteiger partial charge is 0.337 e. The number of nitrogens with zero attached hydrogens (tertiary/aromatic N) is 2. The van der Waals surface area contributed by atoms with Gasteiger partial charge in [-0.2, -0.15) is 0 Å². The van der Waals surface area contributed by atoms with E-state index in [-0.39, 0.29) is 5.91 Å². The van der Waals surface area contributed by atoms with E-state index in [1.165, 1.54) is 25.1 Å². The molecule has 0 aliphatic heterocycles. The summed E-state index contributed by atoms with van der Waals surface area (Å²) in [5.41, 5.74) is 3.46. The molecule has 2 aromatic carbocycles. The molecular formula is C21H20N4O3. The second-order valence-corrected chi connectivity index (χ2v) is 6.16. The van der Waals surface area contributed by atoms with Gasteiger partial charge in [-0.1, -0.05) is 35.9 Å². The third-order valence-corrected chi connectivity index (χ3v) is 4.03. The molecule has 0 saturated heterocycles. The molecule has 0 unspecified atom stereocenters. The van der Waals surface area contributed by atoms with Crippen LogP contribution in [0.3, 0.4) is 0 Å². The first-order valence-corrected chi connectivity index (χ1v) is 8.66. The number of aryl methyl sites for hydroxylation is 1. The Balaban J connectivity index is 1.60. The maximum Gasteiger partial charge on any atom is 0.337 e. The van der Waals surface area contributed by atoms with Crippen LogP contribution in [0.25, 0.3) is 0 Å². The minimum Gasteiger partial charge on any atom is -0.465 e. The average Bonchev–Trinajstić information content (AvgIpc) is 2.73. The molecular weight excluding hydrogens is 356 g/mol. The molecule has 7 heteroatoms. The van der Waals surface area contributed by atoms with Crippen molar-refractivity contribution >= 4 is 23.5 Å². The zero-order valence-electron chi connectivity index (χ0n) is 15.6. The lowest BCUT2D eigenvalue weighted by Gasteiger charge is -2.08. The van der Waals surface area contributed by atoms with Crippen molar-refractivity contribution in [2.75, 3.05) is 17.7 Å². The lowest BCUT2D eigenvalue weighted by molar-refractivity contribution is 0.0600. The first-order valence-electron chi connectivity index (χ1n) is 8.66. The number of carbonyl (C=O) groups excluding carboxylic acids is 2. The Morgan fingerprint density at radius 2 is 1.71 bits per heavy atom. The van der Waals surface area contributed by atoms with Crippen LogP contribution in [-0.2, 0) is 11.3 Å². The van der Waals surface area contributed by atoms with E-state index in [0.29, 0.717) is 29.3 Å². The fourth-order valence-electron chi connectivity index (χ4n) is 2.47. The van der Waals surface area contributed by atoms with E-state index < -0.39 is 5.97 Å². The van der Waals surface area contributed by atoms with Crippen LogP contribution in [0.15, 0.2) is 60.9 Å². The van der Waals surface area contributed by atoms with Gasteiger partial charge in [0.25, 0.3) is 5.91 Å². The molecule has 0 aliphatic carbocycles. The number of carbonyl (C=O) groups is 2. The summed E-state index contributed by atoms with van der Waals surface area (Å²) in [7, 11) is 1.30. The highest BCUT2D eigenvalue weighted by atomic mass is 16.5. The maximum absolute atomic E-state index is 12.4. The Morgan fingerprint density at radius 1 is 1.00 bits per heavy atom. The van der Waals surface area contributed by atoms with Gasteiger partial charge in [-0.3, -0.25) is 4.79 Å². The summed E-state index contributed by atoms with van der Waals surface area (Å²) in [5, 5.41) is 5.83. The normalized spacial score (nSPS) is 10.2. The van der Waals surface area contributed by atoms with Gasteiger partial charge in [0.15, 0.2) is 0 Å². The number of methoxy groups -OCH3 is 1. The molecule has 1 aromatic heterocycles. The van der Waals surface area contributed by atoms with Gasteiger partial charge in [0.05, 0.1) is 18.2 Å². The van der Waals surface area contributed by atoms with Gasteiger partial charge in [0, 0.05) is 24.6 Å². The molecule has 1 amide bonds. The Morgan fingerprint density at radius 3 is 2.39 bits per heavy atom. The highest BCUT2D eigenvalue weighted by Crippen LogP contribution is 2.13. The van der Waals surface area contributed by atoms with Gasteiger partial charge in [-0.25, -0.2) is 14.8 Å². The number of hydrogen-bond acceptors (Lipinski definition) is 6. The van der Waals surface area contributed by atoms with Crippen LogP contribution >= 0.6 is 0 Å². The van der Waals surface area contributed by atoms with Crippen LogP contribution in [0.1, 0.15) is 31.8 Å². The van der Waals surface area contributed by atoms with E-state index in [9.17, 15) is 9.59 Å². The molecule has 142 valence electrons. The van der Waals surface area contributed by atoms with Crippen molar-refractivity contribution in [3.8, 4) is 0 Å². The highest BCUT2D eigenvalue weighted by Gasteiger charge is 2.10. The third kappa shape index (κ3) is 4.91. The van der Waals surface area contributed by atoms with Gasteiger partial charge < -0.3 is 15.4 Å². The maximum atomic E-state index is 12.4. The molecule has 0 spiro atoms. The molecule has 0 atom stereocenters. The number of nitrogens with one attached hydrogen (secondary N) is 2. The molecule has 28 heavy (non-hydrogen) atoms. The molecule has 2 N–H and O–H groups in total. The Bertz CT molecular complexity index is 970. The van der Waals surface area contributed by atoms with Gasteiger partial charge in [-0.05, 0) is 30.7 Å². The van der Waals surface area contributed by atoms with Crippen LogP contribution in [0, 0.1) is 6.92 Å². The summed E-state index contributed by atoms with van der Waals surface area (Å²) in [6.07, 6.45) is 2.90. The summed E-state index contributed by atoms with van der Waals surface area (Å²) in [5.74, 6) is -0.402. The number of aromatic nitrogens is 2. The Labute approximate surface area is 162 Å². The number of anilines is 2. The minimum absolute atomic E-state index is 0.310.